The van der Waals surface area contributed by atoms with Crippen LogP contribution in [0.5, 0.6) is 0 Å². The molecule has 0 aromatic rings. The first-order valence-corrected chi connectivity index (χ1v) is 6.75. The average Bonchev–Trinajstić information content (AvgIpc) is 2.80. The van der Waals surface area contributed by atoms with Gasteiger partial charge in [-0.3, -0.25) is 4.79 Å². The summed E-state index contributed by atoms with van der Waals surface area (Å²) in [6.45, 7) is 8.94. The molecule has 1 amide bonds. The van der Waals surface area contributed by atoms with Crippen LogP contribution in [-0.2, 0) is 9.53 Å². The van der Waals surface area contributed by atoms with Crippen LogP contribution in [0.1, 0.15) is 33.6 Å². The second-order valence-electron chi connectivity index (χ2n) is 5.61. The summed E-state index contributed by atoms with van der Waals surface area (Å²) in [5.41, 5.74) is 0. The van der Waals surface area contributed by atoms with E-state index < -0.39 is 0 Å². The highest BCUT2D eigenvalue weighted by Gasteiger charge is 2.36. The van der Waals surface area contributed by atoms with Gasteiger partial charge in [0.1, 0.15) is 6.10 Å². The molecule has 98 valence electrons. The lowest BCUT2D eigenvalue weighted by molar-refractivity contribution is -0.146. The average molecular weight is 240 g/mol. The molecule has 4 nitrogen and oxygen atoms in total. The zero-order chi connectivity index (χ0) is 12.4. The van der Waals surface area contributed by atoms with Gasteiger partial charge in [0, 0.05) is 31.8 Å². The summed E-state index contributed by atoms with van der Waals surface area (Å²) in [4.78, 5) is 14.5. The number of hydrogen-bond donors (Lipinski definition) is 1. The Morgan fingerprint density at radius 2 is 2.24 bits per heavy atom. The lowest BCUT2D eigenvalue weighted by Gasteiger charge is -2.42. The van der Waals surface area contributed by atoms with E-state index in [1.165, 1.54) is 0 Å². The van der Waals surface area contributed by atoms with Gasteiger partial charge in [0.25, 0.3) is 5.91 Å². The minimum atomic E-state index is -0.179. The van der Waals surface area contributed by atoms with E-state index >= 15 is 0 Å². The van der Waals surface area contributed by atoms with Crippen molar-refractivity contribution >= 4 is 5.91 Å². The number of nitrogens with one attached hydrogen (secondary N) is 1. The van der Waals surface area contributed by atoms with Crippen LogP contribution in [0, 0.1) is 5.92 Å². The Morgan fingerprint density at radius 1 is 1.47 bits per heavy atom. The molecule has 2 fully saturated rings. The quantitative estimate of drug-likeness (QED) is 0.783. The van der Waals surface area contributed by atoms with E-state index in [4.69, 9.17) is 4.74 Å². The van der Waals surface area contributed by atoms with Crippen LogP contribution in [0.25, 0.3) is 0 Å². The standard InChI is InChI=1S/C13H24N2O2/c1-9(2)11-7-14-10(3)8-15(11)13(16)12-5-4-6-17-12/h9-12,14H,4-8H2,1-3H3. The molecule has 2 heterocycles. The van der Waals surface area contributed by atoms with Crippen molar-refractivity contribution in [2.45, 2.75) is 51.8 Å². The number of piperazine rings is 1. The third-order valence-electron chi connectivity index (χ3n) is 3.80. The Hall–Kier alpha value is -0.610. The highest BCUT2D eigenvalue weighted by atomic mass is 16.5. The number of amides is 1. The number of hydrogen-bond acceptors (Lipinski definition) is 3. The van der Waals surface area contributed by atoms with Gasteiger partial charge in [0.15, 0.2) is 0 Å². The molecular formula is C13H24N2O2. The van der Waals surface area contributed by atoms with Crippen LogP contribution < -0.4 is 5.32 Å². The summed E-state index contributed by atoms with van der Waals surface area (Å²) in [5.74, 6) is 0.690. The minimum Gasteiger partial charge on any atom is -0.368 e. The molecule has 0 bridgehead atoms. The summed E-state index contributed by atoms with van der Waals surface area (Å²) >= 11 is 0. The Bertz CT molecular complexity index is 275. The van der Waals surface area contributed by atoms with Crippen molar-refractivity contribution in [1.82, 2.24) is 10.2 Å². The summed E-state index contributed by atoms with van der Waals surface area (Å²) in [7, 11) is 0. The summed E-state index contributed by atoms with van der Waals surface area (Å²) in [6.07, 6.45) is 1.73. The van der Waals surface area contributed by atoms with Crippen molar-refractivity contribution in [2.75, 3.05) is 19.7 Å². The van der Waals surface area contributed by atoms with Crippen LogP contribution in [0.2, 0.25) is 0 Å². The molecule has 1 N–H and O–H groups in total. The van der Waals surface area contributed by atoms with Crippen molar-refractivity contribution in [3.63, 3.8) is 0 Å². The van der Waals surface area contributed by atoms with Crippen molar-refractivity contribution in [3.05, 3.63) is 0 Å². The fourth-order valence-electron chi connectivity index (χ4n) is 2.73. The second kappa shape index (κ2) is 5.36. The van der Waals surface area contributed by atoms with Crippen LogP contribution >= 0.6 is 0 Å². The maximum Gasteiger partial charge on any atom is 0.252 e. The van der Waals surface area contributed by atoms with Crippen molar-refractivity contribution in [3.8, 4) is 0 Å². The van der Waals surface area contributed by atoms with Gasteiger partial charge < -0.3 is 15.0 Å². The van der Waals surface area contributed by atoms with Gasteiger partial charge in [-0.05, 0) is 25.7 Å². The predicted molar refractivity (Wildman–Crippen MR) is 66.8 cm³/mol. The first-order chi connectivity index (χ1) is 8.09. The zero-order valence-corrected chi connectivity index (χ0v) is 11.1. The number of rotatable bonds is 2. The number of nitrogens with zero attached hydrogens (tertiary/aromatic N) is 1. The summed E-state index contributed by atoms with van der Waals surface area (Å²) in [6, 6.07) is 0.693. The number of ether oxygens (including phenoxy) is 1. The smallest absolute Gasteiger partial charge is 0.252 e. The van der Waals surface area contributed by atoms with Crippen molar-refractivity contribution < 1.29 is 9.53 Å². The minimum absolute atomic E-state index is 0.179. The van der Waals surface area contributed by atoms with Gasteiger partial charge >= 0.3 is 0 Å². The number of carbonyl (C=O) groups excluding carboxylic acids is 1. The van der Waals surface area contributed by atoms with E-state index in [0.717, 1.165) is 32.5 Å². The monoisotopic (exact) mass is 240 g/mol. The molecule has 0 saturated carbocycles. The normalized spacial score (nSPS) is 34.4. The van der Waals surface area contributed by atoms with E-state index in [1.54, 1.807) is 0 Å². The van der Waals surface area contributed by atoms with Gasteiger partial charge in [-0.25, -0.2) is 0 Å². The summed E-state index contributed by atoms with van der Waals surface area (Å²) < 4.78 is 5.52. The maximum absolute atomic E-state index is 12.4. The molecule has 0 spiro atoms. The lowest BCUT2D eigenvalue weighted by atomic mass is 9.98. The molecular weight excluding hydrogens is 216 g/mol. The second-order valence-corrected chi connectivity index (χ2v) is 5.61. The molecule has 2 rings (SSSR count). The first-order valence-electron chi connectivity index (χ1n) is 6.75. The van der Waals surface area contributed by atoms with Gasteiger partial charge in [-0.2, -0.15) is 0 Å². The molecule has 2 aliphatic heterocycles. The molecule has 17 heavy (non-hydrogen) atoms. The Kier molecular flexibility index (Phi) is 4.05. The molecule has 0 radical (unpaired) electrons. The van der Waals surface area contributed by atoms with Crippen LogP contribution in [0.15, 0.2) is 0 Å². The van der Waals surface area contributed by atoms with Crippen LogP contribution in [-0.4, -0.2) is 48.7 Å². The third-order valence-corrected chi connectivity index (χ3v) is 3.80. The van der Waals surface area contributed by atoms with E-state index in [2.05, 4.69) is 26.1 Å². The molecule has 2 aliphatic rings. The molecule has 0 aromatic carbocycles. The van der Waals surface area contributed by atoms with E-state index in [-0.39, 0.29) is 12.0 Å². The van der Waals surface area contributed by atoms with Gasteiger partial charge in [-0.15, -0.1) is 0 Å². The Balaban J connectivity index is 2.05. The topological polar surface area (TPSA) is 41.6 Å². The molecule has 2 saturated heterocycles. The molecule has 0 aliphatic carbocycles. The lowest BCUT2D eigenvalue weighted by Crippen LogP contribution is -2.60. The molecule has 3 atom stereocenters. The molecule has 3 unspecified atom stereocenters. The molecule has 0 aromatic heterocycles. The highest BCUT2D eigenvalue weighted by molar-refractivity contribution is 5.81. The van der Waals surface area contributed by atoms with Crippen molar-refractivity contribution in [2.24, 2.45) is 5.92 Å². The summed E-state index contributed by atoms with van der Waals surface area (Å²) in [5, 5.41) is 3.45. The van der Waals surface area contributed by atoms with E-state index in [1.807, 2.05) is 4.90 Å². The Morgan fingerprint density at radius 3 is 2.82 bits per heavy atom. The predicted octanol–water partition coefficient (Wildman–Crippen LogP) is 1.01. The number of carbonyl (C=O) groups is 1. The van der Waals surface area contributed by atoms with Gasteiger partial charge in [-0.1, -0.05) is 13.8 Å². The van der Waals surface area contributed by atoms with Crippen molar-refractivity contribution in [1.29, 1.82) is 0 Å². The zero-order valence-electron chi connectivity index (χ0n) is 11.1. The van der Waals surface area contributed by atoms with Gasteiger partial charge in [0.05, 0.1) is 0 Å². The Labute approximate surface area is 104 Å². The van der Waals surface area contributed by atoms with Crippen LogP contribution in [0.4, 0.5) is 0 Å². The largest absolute Gasteiger partial charge is 0.368 e. The fourth-order valence-corrected chi connectivity index (χ4v) is 2.73. The first kappa shape index (κ1) is 12.8. The molecule has 4 heteroatoms. The van der Waals surface area contributed by atoms with E-state index in [0.29, 0.717) is 18.0 Å². The fraction of sp³-hybridized carbons (Fsp3) is 0.923. The highest BCUT2D eigenvalue weighted by Crippen LogP contribution is 2.21. The third kappa shape index (κ3) is 2.80. The SMILES string of the molecule is CC1CN(C(=O)C2CCCO2)C(C(C)C)CN1. The van der Waals surface area contributed by atoms with Gasteiger partial charge in [0.2, 0.25) is 0 Å². The maximum atomic E-state index is 12.4. The van der Waals surface area contributed by atoms with E-state index in [9.17, 15) is 4.79 Å². The van der Waals surface area contributed by atoms with Crippen LogP contribution in [0.3, 0.4) is 0 Å².